The van der Waals surface area contributed by atoms with Crippen molar-refractivity contribution in [3.63, 3.8) is 0 Å². The lowest BCUT2D eigenvalue weighted by Gasteiger charge is -1.98. The Hall–Kier alpha value is -0.830. The molecule has 0 aliphatic rings. The van der Waals surface area contributed by atoms with Gasteiger partial charge in [0.1, 0.15) is 6.29 Å². The van der Waals surface area contributed by atoms with E-state index in [2.05, 4.69) is 0 Å². The van der Waals surface area contributed by atoms with Crippen LogP contribution in [0.1, 0.15) is 19.8 Å². The van der Waals surface area contributed by atoms with Gasteiger partial charge in [-0.25, -0.2) is 0 Å². The molecule has 0 aromatic heterocycles. The Kier molecular flexibility index (Phi) is 8.48. The third-order valence-corrected chi connectivity index (χ3v) is 0.999. The Morgan fingerprint density at radius 2 is 2.18 bits per heavy atom. The van der Waals surface area contributed by atoms with Crippen molar-refractivity contribution in [2.45, 2.75) is 19.8 Å². The van der Waals surface area contributed by atoms with Crippen molar-refractivity contribution in [2.24, 2.45) is 0 Å². The number of carbonyl (C=O) groups is 1. The fourth-order valence-corrected chi connectivity index (χ4v) is 0.471. The first kappa shape index (κ1) is 10.2. The molecule has 0 unspecified atom stereocenters. The van der Waals surface area contributed by atoms with Gasteiger partial charge in [0.05, 0.1) is 6.26 Å². The van der Waals surface area contributed by atoms with Crippen LogP contribution in [0.4, 0.5) is 0 Å². The highest BCUT2D eigenvalue weighted by Gasteiger charge is 1.79. The molecule has 0 aromatic carbocycles. The number of aldehydes is 1. The number of carbonyl (C=O) groups excluding carboxylic acids is 1. The van der Waals surface area contributed by atoms with Crippen LogP contribution in [0, 0.1) is 0 Å². The van der Waals surface area contributed by atoms with E-state index in [1.54, 1.807) is 12.3 Å². The number of unbranched alkanes of at least 4 members (excludes halogenated alkanes) is 1. The molecule has 0 aliphatic carbocycles. The summed E-state index contributed by atoms with van der Waals surface area (Å²) in [5.41, 5.74) is 0. The molecule has 0 saturated carbocycles. The van der Waals surface area contributed by atoms with Crippen LogP contribution in [0.15, 0.2) is 12.3 Å². The molecule has 0 amide bonds. The molecule has 0 bridgehead atoms. The fourth-order valence-electron chi connectivity index (χ4n) is 0.471. The molecule has 3 nitrogen and oxygen atoms in total. The average molecular weight is 158 g/mol. The van der Waals surface area contributed by atoms with E-state index in [0.29, 0.717) is 13.0 Å². The van der Waals surface area contributed by atoms with Gasteiger partial charge in [0, 0.05) is 13.0 Å². The Morgan fingerprint density at radius 1 is 1.36 bits per heavy atom. The van der Waals surface area contributed by atoms with Crippen LogP contribution in [0.2, 0.25) is 0 Å². The van der Waals surface area contributed by atoms with E-state index >= 15 is 0 Å². The summed E-state index contributed by atoms with van der Waals surface area (Å²) in [4.78, 5) is 9.84. The van der Waals surface area contributed by atoms with Crippen LogP contribution >= 0.6 is 0 Å². The van der Waals surface area contributed by atoms with Gasteiger partial charge in [0.2, 0.25) is 0 Å². The highest BCUT2D eigenvalue weighted by atomic mass is 16.7. The van der Waals surface area contributed by atoms with Crippen molar-refractivity contribution < 1.29 is 14.3 Å². The topological polar surface area (TPSA) is 35.5 Å². The lowest BCUT2D eigenvalue weighted by atomic mass is 10.3. The number of hydrogen-bond acceptors (Lipinski definition) is 3. The summed E-state index contributed by atoms with van der Waals surface area (Å²) in [5.74, 6) is 0. The minimum absolute atomic E-state index is 0.286. The third-order valence-electron chi connectivity index (χ3n) is 0.999. The largest absolute Gasteiger partial charge is 0.475 e. The summed E-state index contributed by atoms with van der Waals surface area (Å²) in [5, 5.41) is 0. The SMILES string of the molecule is CCOCOC=CCCC=O. The van der Waals surface area contributed by atoms with E-state index in [1.165, 1.54) is 0 Å². The van der Waals surface area contributed by atoms with Crippen molar-refractivity contribution in [1.82, 2.24) is 0 Å². The fraction of sp³-hybridized carbons (Fsp3) is 0.625. The smallest absolute Gasteiger partial charge is 0.188 e. The quantitative estimate of drug-likeness (QED) is 0.244. The lowest BCUT2D eigenvalue weighted by molar-refractivity contribution is -0.107. The van der Waals surface area contributed by atoms with E-state index in [9.17, 15) is 4.79 Å². The van der Waals surface area contributed by atoms with Crippen LogP contribution in [-0.4, -0.2) is 19.7 Å². The molecule has 0 spiro atoms. The maximum Gasteiger partial charge on any atom is 0.188 e. The van der Waals surface area contributed by atoms with Crippen molar-refractivity contribution in [2.75, 3.05) is 13.4 Å². The molecule has 0 aliphatic heterocycles. The van der Waals surface area contributed by atoms with Gasteiger partial charge in [-0.15, -0.1) is 0 Å². The highest BCUT2D eigenvalue weighted by Crippen LogP contribution is 1.87. The molecule has 0 fully saturated rings. The van der Waals surface area contributed by atoms with Crippen LogP contribution < -0.4 is 0 Å². The molecule has 0 saturated heterocycles. The summed E-state index contributed by atoms with van der Waals surface area (Å²) in [6.45, 7) is 2.84. The number of ether oxygens (including phenoxy) is 2. The molecule has 0 atom stereocenters. The van der Waals surface area contributed by atoms with Crippen LogP contribution in [0.3, 0.4) is 0 Å². The molecule has 0 radical (unpaired) electrons. The van der Waals surface area contributed by atoms with Gasteiger partial charge in [0.15, 0.2) is 6.79 Å². The van der Waals surface area contributed by atoms with Gasteiger partial charge in [-0.1, -0.05) is 0 Å². The molecule has 0 heterocycles. The van der Waals surface area contributed by atoms with Crippen LogP contribution in [0.25, 0.3) is 0 Å². The summed E-state index contributed by atoms with van der Waals surface area (Å²) < 4.78 is 9.80. The van der Waals surface area contributed by atoms with E-state index in [4.69, 9.17) is 9.47 Å². The van der Waals surface area contributed by atoms with Gasteiger partial charge in [-0.3, -0.25) is 0 Å². The highest BCUT2D eigenvalue weighted by molar-refractivity contribution is 5.49. The van der Waals surface area contributed by atoms with Crippen LogP contribution in [-0.2, 0) is 14.3 Å². The number of rotatable bonds is 7. The third kappa shape index (κ3) is 9.17. The van der Waals surface area contributed by atoms with Crippen LogP contribution in [0.5, 0.6) is 0 Å². The Labute approximate surface area is 67.0 Å². The van der Waals surface area contributed by atoms with E-state index in [-0.39, 0.29) is 6.79 Å². The predicted molar refractivity (Wildman–Crippen MR) is 42.0 cm³/mol. The molecule has 0 aromatic rings. The van der Waals surface area contributed by atoms with Gasteiger partial charge in [0.25, 0.3) is 0 Å². The second-order valence-electron chi connectivity index (χ2n) is 1.89. The zero-order valence-electron chi connectivity index (χ0n) is 6.79. The Morgan fingerprint density at radius 3 is 2.82 bits per heavy atom. The van der Waals surface area contributed by atoms with Gasteiger partial charge < -0.3 is 14.3 Å². The standard InChI is InChI=1S/C8H14O3/c1-2-10-8-11-7-5-3-4-6-9/h5-7H,2-4,8H2,1H3. The first-order chi connectivity index (χ1) is 5.41. The maximum absolute atomic E-state index is 9.84. The van der Waals surface area contributed by atoms with Gasteiger partial charge in [-0.2, -0.15) is 0 Å². The predicted octanol–water partition coefficient (Wildman–Crippen LogP) is 1.49. The zero-order valence-corrected chi connectivity index (χ0v) is 6.79. The molecule has 11 heavy (non-hydrogen) atoms. The minimum Gasteiger partial charge on any atom is -0.475 e. The second kappa shape index (κ2) is 9.17. The summed E-state index contributed by atoms with van der Waals surface area (Å²) in [6.07, 6.45) is 5.52. The van der Waals surface area contributed by atoms with Crippen molar-refractivity contribution >= 4 is 6.29 Å². The van der Waals surface area contributed by atoms with Gasteiger partial charge >= 0.3 is 0 Å². The molecular formula is C8H14O3. The molecule has 0 rings (SSSR count). The molecule has 64 valence electrons. The molecular weight excluding hydrogens is 144 g/mol. The van der Waals surface area contributed by atoms with E-state index in [0.717, 1.165) is 12.7 Å². The molecule has 0 N–H and O–H groups in total. The first-order valence-electron chi connectivity index (χ1n) is 3.69. The average Bonchev–Trinajstić information content (AvgIpc) is 2.03. The van der Waals surface area contributed by atoms with Crippen molar-refractivity contribution in [3.8, 4) is 0 Å². The lowest BCUT2D eigenvalue weighted by Crippen LogP contribution is -1.93. The second-order valence-corrected chi connectivity index (χ2v) is 1.89. The van der Waals surface area contributed by atoms with Gasteiger partial charge in [-0.05, 0) is 19.4 Å². The normalized spacial score (nSPS) is 10.3. The minimum atomic E-state index is 0.286. The number of allylic oxidation sites excluding steroid dienone is 1. The summed E-state index contributed by atoms with van der Waals surface area (Å²) in [7, 11) is 0. The monoisotopic (exact) mass is 158 g/mol. The molecule has 3 heteroatoms. The number of hydrogen-bond donors (Lipinski definition) is 0. The summed E-state index contributed by atoms with van der Waals surface area (Å²) in [6, 6.07) is 0. The first-order valence-corrected chi connectivity index (χ1v) is 3.69. The zero-order chi connectivity index (χ0) is 8.36. The Bertz CT molecular complexity index is 110. The maximum atomic E-state index is 9.84. The summed E-state index contributed by atoms with van der Waals surface area (Å²) >= 11 is 0. The van der Waals surface area contributed by atoms with Crippen molar-refractivity contribution in [3.05, 3.63) is 12.3 Å². The van der Waals surface area contributed by atoms with Crippen molar-refractivity contribution in [1.29, 1.82) is 0 Å². The Balaban J connectivity index is 2.97. The van der Waals surface area contributed by atoms with E-state index in [1.807, 2.05) is 6.92 Å². The van der Waals surface area contributed by atoms with E-state index < -0.39 is 0 Å².